The van der Waals surface area contributed by atoms with Crippen molar-refractivity contribution in [1.82, 2.24) is 0 Å². The second kappa shape index (κ2) is 18.5. The molecule has 150 valence electrons. The summed E-state index contributed by atoms with van der Waals surface area (Å²) in [6.07, 6.45) is 20.4. The molecule has 2 nitrogen and oxygen atoms in total. The third-order valence-corrected chi connectivity index (χ3v) is 4.76. The fraction of sp³-hybridized carbons (Fsp3) is 0.708. The third kappa shape index (κ3) is 16.2. The van der Waals surface area contributed by atoms with Crippen molar-refractivity contribution in [2.24, 2.45) is 0 Å². The zero-order valence-electron chi connectivity index (χ0n) is 17.6. The van der Waals surface area contributed by atoms with Gasteiger partial charge in [-0.1, -0.05) is 121 Å². The van der Waals surface area contributed by atoms with Crippen LogP contribution in [0.4, 0.5) is 0 Å². The van der Waals surface area contributed by atoms with Crippen LogP contribution in [0.5, 0.6) is 0 Å². The number of aromatic carboxylic acids is 1. The SMILES string of the molecule is CCCCCCCCCCCCCCCC.Cc1ccc(C(=O)O)cc1. The van der Waals surface area contributed by atoms with Crippen molar-refractivity contribution < 1.29 is 9.90 Å². The van der Waals surface area contributed by atoms with Gasteiger partial charge in [0.1, 0.15) is 0 Å². The monoisotopic (exact) mass is 362 g/mol. The average Bonchev–Trinajstić information content (AvgIpc) is 2.63. The second-order valence-electron chi connectivity index (χ2n) is 7.41. The number of carboxylic acid groups (broad SMARTS) is 1. The number of hydrogen-bond acceptors (Lipinski definition) is 1. The Morgan fingerprint density at radius 1 is 0.654 bits per heavy atom. The van der Waals surface area contributed by atoms with Crippen molar-refractivity contribution >= 4 is 5.97 Å². The van der Waals surface area contributed by atoms with E-state index in [-0.39, 0.29) is 0 Å². The van der Waals surface area contributed by atoms with Crippen LogP contribution in [-0.2, 0) is 0 Å². The number of aryl methyl sites for hydroxylation is 1. The van der Waals surface area contributed by atoms with Gasteiger partial charge in [-0.25, -0.2) is 4.79 Å². The fourth-order valence-corrected chi connectivity index (χ4v) is 2.96. The number of benzene rings is 1. The number of carbonyl (C=O) groups is 1. The lowest BCUT2D eigenvalue weighted by Crippen LogP contribution is -1.94. The molecule has 0 bridgehead atoms. The second-order valence-corrected chi connectivity index (χ2v) is 7.41. The first kappa shape index (κ1) is 24.7. The van der Waals surface area contributed by atoms with Crippen LogP contribution in [0.1, 0.15) is 120 Å². The highest BCUT2D eigenvalue weighted by Gasteiger charge is 1.98. The molecule has 0 atom stereocenters. The molecule has 0 heterocycles. The van der Waals surface area contributed by atoms with Gasteiger partial charge in [-0.3, -0.25) is 0 Å². The Hall–Kier alpha value is -1.31. The van der Waals surface area contributed by atoms with Gasteiger partial charge in [-0.05, 0) is 19.1 Å². The van der Waals surface area contributed by atoms with Crippen molar-refractivity contribution in [2.45, 2.75) is 111 Å². The lowest BCUT2D eigenvalue weighted by molar-refractivity contribution is 0.0697. The van der Waals surface area contributed by atoms with Gasteiger partial charge in [0.05, 0.1) is 5.56 Å². The predicted molar refractivity (Wildman–Crippen MR) is 114 cm³/mol. The molecule has 0 aliphatic carbocycles. The Bertz CT molecular complexity index is 408. The van der Waals surface area contributed by atoms with E-state index >= 15 is 0 Å². The quantitative estimate of drug-likeness (QED) is 0.339. The molecule has 0 saturated carbocycles. The third-order valence-electron chi connectivity index (χ3n) is 4.76. The summed E-state index contributed by atoms with van der Waals surface area (Å²) >= 11 is 0. The molecule has 0 aromatic heterocycles. The highest BCUT2D eigenvalue weighted by molar-refractivity contribution is 5.87. The maximum absolute atomic E-state index is 10.3. The summed E-state index contributed by atoms with van der Waals surface area (Å²) in [4.78, 5) is 10.3. The predicted octanol–water partition coefficient (Wildman–Crippen LogP) is 8.18. The number of hydrogen-bond donors (Lipinski definition) is 1. The van der Waals surface area contributed by atoms with E-state index < -0.39 is 5.97 Å². The van der Waals surface area contributed by atoms with Gasteiger partial charge in [-0.2, -0.15) is 0 Å². The largest absolute Gasteiger partial charge is 0.478 e. The van der Waals surface area contributed by atoms with Crippen LogP contribution in [0.15, 0.2) is 24.3 Å². The molecule has 0 fully saturated rings. The Balaban J connectivity index is 0.000000531. The van der Waals surface area contributed by atoms with E-state index in [2.05, 4.69) is 13.8 Å². The van der Waals surface area contributed by atoms with E-state index in [1.165, 1.54) is 89.9 Å². The minimum atomic E-state index is -0.875. The lowest BCUT2D eigenvalue weighted by atomic mass is 10.0. The van der Waals surface area contributed by atoms with Crippen LogP contribution >= 0.6 is 0 Å². The van der Waals surface area contributed by atoms with Crippen molar-refractivity contribution in [2.75, 3.05) is 0 Å². The van der Waals surface area contributed by atoms with Crippen molar-refractivity contribution in [3.63, 3.8) is 0 Å². The molecule has 1 rings (SSSR count). The lowest BCUT2D eigenvalue weighted by Gasteiger charge is -2.02. The smallest absolute Gasteiger partial charge is 0.335 e. The highest BCUT2D eigenvalue weighted by Crippen LogP contribution is 2.12. The Morgan fingerprint density at radius 2 is 0.962 bits per heavy atom. The van der Waals surface area contributed by atoms with E-state index in [0.29, 0.717) is 5.56 Å². The Labute approximate surface area is 162 Å². The molecule has 1 aromatic carbocycles. The van der Waals surface area contributed by atoms with Crippen LogP contribution in [0.25, 0.3) is 0 Å². The number of unbranched alkanes of at least 4 members (excludes halogenated alkanes) is 13. The van der Waals surface area contributed by atoms with Gasteiger partial charge in [0.25, 0.3) is 0 Å². The van der Waals surface area contributed by atoms with Gasteiger partial charge in [-0.15, -0.1) is 0 Å². The molecular weight excluding hydrogens is 320 g/mol. The van der Waals surface area contributed by atoms with Crippen LogP contribution in [-0.4, -0.2) is 11.1 Å². The van der Waals surface area contributed by atoms with Crippen LogP contribution in [0.2, 0.25) is 0 Å². The zero-order chi connectivity index (χ0) is 19.5. The van der Waals surface area contributed by atoms with Gasteiger partial charge >= 0.3 is 5.97 Å². The highest BCUT2D eigenvalue weighted by atomic mass is 16.4. The van der Waals surface area contributed by atoms with Gasteiger partial charge in [0.2, 0.25) is 0 Å². The summed E-state index contributed by atoms with van der Waals surface area (Å²) in [5.74, 6) is -0.875. The molecule has 0 aliphatic heterocycles. The normalized spacial score (nSPS) is 10.3. The molecule has 0 unspecified atom stereocenters. The van der Waals surface area contributed by atoms with Crippen LogP contribution in [0.3, 0.4) is 0 Å². The molecule has 1 N–H and O–H groups in total. The zero-order valence-corrected chi connectivity index (χ0v) is 17.6. The maximum atomic E-state index is 10.3. The summed E-state index contributed by atoms with van der Waals surface area (Å²) in [7, 11) is 0. The molecule has 0 radical (unpaired) electrons. The first-order valence-electron chi connectivity index (χ1n) is 10.9. The van der Waals surface area contributed by atoms with Crippen molar-refractivity contribution in [3.05, 3.63) is 35.4 Å². The number of rotatable bonds is 14. The molecule has 2 heteroatoms. The average molecular weight is 363 g/mol. The summed E-state index contributed by atoms with van der Waals surface area (Å²) in [5.41, 5.74) is 1.41. The Kier molecular flexibility index (Phi) is 17.5. The van der Waals surface area contributed by atoms with Crippen molar-refractivity contribution in [3.8, 4) is 0 Å². The maximum Gasteiger partial charge on any atom is 0.335 e. The van der Waals surface area contributed by atoms with E-state index in [9.17, 15) is 4.79 Å². The molecule has 26 heavy (non-hydrogen) atoms. The minimum absolute atomic E-state index is 0.339. The molecule has 0 spiro atoms. The van der Waals surface area contributed by atoms with Gasteiger partial charge in [0.15, 0.2) is 0 Å². The molecule has 1 aromatic rings. The van der Waals surface area contributed by atoms with E-state index in [1.54, 1.807) is 24.3 Å². The summed E-state index contributed by atoms with van der Waals surface area (Å²) in [6.45, 7) is 6.50. The summed E-state index contributed by atoms with van der Waals surface area (Å²) < 4.78 is 0. The van der Waals surface area contributed by atoms with E-state index in [0.717, 1.165) is 5.56 Å². The summed E-state index contributed by atoms with van der Waals surface area (Å²) in [6, 6.07) is 6.75. The van der Waals surface area contributed by atoms with Gasteiger partial charge < -0.3 is 5.11 Å². The van der Waals surface area contributed by atoms with E-state index in [1.807, 2.05) is 6.92 Å². The molecule has 0 saturated heterocycles. The fourth-order valence-electron chi connectivity index (χ4n) is 2.96. The molecule has 0 aliphatic rings. The summed E-state index contributed by atoms with van der Waals surface area (Å²) in [5, 5.41) is 8.48. The molecular formula is C24H42O2. The van der Waals surface area contributed by atoms with Crippen molar-refractivity contribution in [1.29, 1.82) is 0 Å². The minimum Gasteiger partial charge on any atom is -0.478 e. The van der Waals surface area contributed by atoms with Crippen LogP contribution in [0, 0.1) is 6.92 Å². The Morgan fingerprint density at radius 3 is 1.23 bits per heavy atom. The number of carboxylic acids is 1. The standard InChI is InChI=1S/C16H34.C8H8O2/c1-3-5-7-9-11-13-15-16-14-12-10-8-6-4-2;1-6-2-4-7(5-3-6)8(9)10/h3-16H2,1-2H3;2-5H,1H3,(H,9,10). The van der Waals surface area contributed by atoms with Crippen LogP contribution < -0.4 is 0 Å². The van der Waals surface area contributed by atoms with Gasteiger partial charge in [0, 0.05) is 0 Å². The first-order chi connectivity index (χ1) is 12.6. The first-order valence-corrected chi connectivity index (χ1v) is 10.9. The van der Waals surface area contributed by atoms with E-state index in [4.69, 9.17) is 5.11 Å². The topological polar surface area (TPSA) is 37.3 Å². The molecule has 0 amide bonds.